The monoisotopic (exact) mass is 303 g/mol. The molecule has 0 amide bonds. The molecule has 21 heavy (non-hydrogen) atoms. The minimum atomic E-state index is 0.282. The SMILES string of the molecule is CCC1(CC)CNC(C)CN1Cc1nc2ccccc2s1. The zero-order valence-corrected chi connectivity index (χ0v) is 14.0. The van der Waals surface area contributed by atoms with E-state index < -0.39 is 0 Å². The number of aromatic nitrogens is 1. The Morgan fingerprint density at radius 1 is 1.33 bits per heavy atom. The molecule has 1 saturated heterocycles. The first-order valence-corrected chi connectivity index (χ1v) is 8.81. The Morgan fingerprint density at radius 2 is 2.10 bits per heavy atom. The maximum atomic E-state index is 4.82. The molecule has 1 aromatic heterocycles. The van der Waals surface area contributed by atoms with Crippen LogP contribution in [0.4, 0.5) is 0 Å². The van der Waals surface area contributed by atoms with E-state index >= 15 is 0 Å². The van der Waals surface area contributed by atoms with Crippen molar-refractivity contribution in [2.24, 2.45) is 0 Å². The summed E-state index contributed by atoms with van der Waals surface area (Å²) in [6.07, 6.45) is 2.38. The van der Waals surface area contributed by atoms with Crippen molar-refractivity contribution in [1.82, 2.24) is 15.2 Å². The summed E-state index contributed by atoms with van der Waals surface area (Å²) in [6, 6.07) is 9.01. The van der Waals surface area contributed by atoms with Crippen molar-refractivity contribution in [3.05, 3.63) is 29.3 Å². The van der Waals surface area contributed by atoms with Crippen molar-refractivity contribution < 1.29 is 0 Å². The van der Waals surface area contributed by atoms with Crippen LogP contribution >= 0.6 is 11.3 Å². The first-order chi connectivity index (χ1) is 10.2. The molecular formula is C17H25N3S. The van der Waals surface area contributed by atoms with Gasteiger partial charge in [0.25, 0.3) is 0 Å². The van der Waals surface area contributed by atoms with E-state index in [1.54, 1.807) is 0 Å². The molecule has 3 nitrogen and oxygen atoms in total. The Balaban J connectivity index is 1.86. The smallest absolute Gasteiger partial charge is 0.108 e. The Labute approximate surface area is 131 Å². The molecule has 0 radical (unpaired) electrons. The molecule has 4 heteroatoms. The molecule has 114 valence electrons. The van der Waals surface area contributed by atoms with Crippen molar-refractivity contribution in [1.29, 1.82) is 0 Å². The summed E-state index contributed by atoms with van der Waals surface area (Å²) in [7, 11) is 0. The lowest BCUT2D eigenvalue weighted by atomic mass is 9.87. The molecule has 1 atom stereocenters. The number of piperazine rings is 1. The van der Waals surface area contributed by atoms with Gasteiger partial charge in [0.05, 0.1) is 16.8 Å². The quantitative estimate of drug-likeness (QED) is 0.934. The van der Waals surface area contributed by atoms with Gasteiger partial charge in [-0.05, 0) is 31.9 Å². The number of para-hydroxylation sites is 1. The van der Waals surface area contributed by atoms with Gasteiger partial charge in [-0.2, -0.15) is 0 Å². The molecule has 0 bridgehead atoms. The van der Waals surface area contributed by atoms with Gasteiger partial charge in [-0.15, -0.1) is 11.3 Å². The molecule has 1 fully saturated rings. The second-order valence-electron chi connectivity index (χ2n) is 6.17. The van der Waals surface area contributed by atoms with Crippen molar-refractivity contribution in [3.63, 3.8) is 0 Å². The normalized spacial score (nSPS) is 22.7. The van der Waals surface area contributed by atoms with E-state index in [4.69, 9.17) is 4.98 Å². The van der Waals surface area contributed by atoms with E-state index in [1.807, 2.05) is 11.3 Å². The third-order valence-corrected chi connectivity index (χ3v) is 5.95. The van der Waals surface area contributed by atoms with E-state index in [0.717, 1.165) is 25.2 Å². The van der Waals surface area contributed by atoms with Crippen molar-refractivity contribution in [2.45, 2.75) is 51.7 Å². The summed E-state index contributed by atoms with van der Waals surface area (Å²) < 4.78 is 1.30. The molecule has 1 unspecified atom stereocenters. The van der Waals surface area contributed by atoms with Gasteiger partial charge >= 0.3 is 0 Å². The predicted octanol–water partition coefficient (Wildman–Crippen LogP) is 3.65. The highest BCUT2D eigenvalue weighted by Gasteiger charge is 2.38. The number of nitrogens with one attached hydrogen (secondary N) is 1. The van der Waals surface area contributed by atoms with Crippen LogP contribution in [0, 0.1) is 0 Å². The summed E-state index contributed by atoms with van der Waals surface area (Å²) in [4.78, 5) is 7.48. The molecule has 1 aliphatic rings. The fourth-order valence-electron chi connectivity index (χ4n) is 3.40. The summed E-state index contributed by atoms with van der Waals surface area (Å²) in [6.45, 7) is 10.1. The van der Waals surface area contributed by atoms with Gasteiger partial charge in [0, 0.05) is 24.7 Å². The lowest BCUT2D eigenvalue weighted by Crippen LogP contribution is -2.63. The molecular weight excluding hydrogens is 278 g/mol. The summed E-state index contributed by atoms with van der Waals surface area (Å²) in [5.41, 5.74) is 1.42. The lowest BCUT2D eigenvalue weighted by molar-refractivity contribution is 0.0278. The van der Waals surface area contributed by atoms with E-state index in [2.05, 4.69) is 55.3 Å². The highest BCUT2D eigenvalue weighted by Crippen LogP contribution is 2.30. The highest BCUT2D eigenvalue weighted by molar-refractivity contribution is 7.18. The standard InChI is InChI=1S/C17H25N3S/c1-4-17(5-2)12-18-13(3)10-20(17)11-16-19-14-8-6-7-9-15(14)21-16/h6-9,13,18H,4-5,10-12H2,1-3H3. The van der Waals surface area contributed by atoms with Gasteiger partial charge in [0.15, 0.2) is 0 Å². The van der Waals surface area contributed by atoms with E-state index in [9.17, 15) is 0 Å². The maximum absolute atomic E-state index is 4.82. The zero-order valence-electron chi connectivity index (χ0n) is 13.2. The van der Waals surface area contributed by atoms with Crippen LogP contribution in [-0.2, 0) is 6.54 Å². The Hall–Kier alpha value is -0.970. The zero-order chi connectivity index (χ0) is 14.9. The average Bonchev–Trinajstić information content (AvgIpc) is 2.90. The topological polar surface area (TPSA) is 28.2 Å². The van der Waals surface area contributed by atoms with Gasteiger partial charge in [-0.25, -0.2) is 4.98 Å². The molecule has 0 aliphatic carbocycles. The summed E-state index contributed by atoms with van der Waals surface area (Å²) in [5, 5.41) is 4.91. The van der Waals surface area contributed by atoms with Crippen molar-refractivity contribution >= 4 is 21.6 Å². The van der Waals surface area contributed by atoms with Crippen LogP contribution in [0.15, 0.2) is 24.3 Å². The number of hydrogen-bond donors (Lipinski definition) is 1. The van der Waals surface area contributed by atoms with Crippen LogP contribution in [-0.4, -0.2) is 34.6 Å². The molecule has 2 heterocycles. The number of rotatable bonds is 4. The van der Waals surface area contributed by atoms with Crippen LogP contribution in [0.2, 0.25) is 0 Å². The predicted molar refractivity (Wildman–Crippen MR) is 90.8 cm³/mol. The molecule has 1 N–H and O–H groups in total. The fraction of sp³-hybridized carbons (Fsp3) is 0.588. The second-order valence-corrected chi connectivity index (χ2v) is 7.28. The average molecular weight is 303 g/mol. The Kier molecular flexibility index (Phi) is 4.29. The number of thiazole rings is 1. The Morgan fingerprint density at radius 3 is 2.81 bits per heavy atom. The van der Waals surface area contributed by atoms with E-state index in [1.165, 1.54) is 22.5 Å². The van der Waals surface area contributed by atoms with Crippen molar-refractivity contribution in [2.75, 3.05) is 13.1 Å². The number of hydrogen-bond acceptors (Lipinski definition) is 4. The number of fused-ring (bicyclic) bond motifs is 1. The van der Waals surface area contributed by atoms with Crippen LogP contribution in [0.1, 0.15) is 38.6 Å². The van der Waals surface area contributed by atoms with Crippen molar-refractivity contribution in [3.8, 4) is 0 Å². The number of benzene rings is 1. The maximum Gasteiger partial charge on any atom is 0.108 e. The second kappa shape index (κ2) is 6.03. The molecule has 3 rings (SSSR count). The van der Waals surface area contributed by atoms with Gasteiger partial charge < -0.3 is 5.32 Å². The molecule has 1 aromatic carbocycles. The fourth-order valence-corrected chi connectivity index (χ4v) is 4.38. The summed E-state index contributed by atoms with van der Waals surface area (Å²) >= 11 is 1.84. The molecule has 2 aromatic rings. The first kappa shape index (κ1) is 14.9. The number of nitrogens with zero attached hydrogens (tertiary/aromatic N) is 2. The Bertz CT molecular complexity index is 570. The van der Waals surface area contributed by atoms with Crippen LogP contribution < -0.4 is 5.32 Å². The molecule has 1 aliphatic heterocycles. The minimum Gasteiger partial charge on any atom is -0.311 e. The van der Waals surface area contributed by atoms with Crippen LogP contribution in [0.5, 0.6) is 0 Å². The molecule has 0 saturated carbocycles. The third kappa shape index (κ3) is 2.85. The van der Waals surface area contributed by atoms with E-state index in [0.29, 0.717) is 6.04 Å². The first-order valence-electron chi connectivity index (χ1n) is 8.00. The molecule has 0 spiro atoms. The highest BCUT2D eigenvalue weighted by atomic mass is 32.1. The van der Waals surface area contributed by atoms with Gasteiger partial charge in [-0.1, -0.05) is 26.0 Å². The van der Waals surface area contributed by atoms with Gasteiger partial charge in [0.2, 0.25) is 0 Å². The van der Waals surface area contributed by atoms with Crippen LogP contribution in [0.3, 0.4) is 0 Å². The summed E-state index contributed by atoms with van der Waals surface area (Å²) in [5.74, 6) is 0. The lowest BCUT2D eigenvalue weighted by Gasteiger charge is -2.48. The largest absolute Gasteiger partial charge is 0.311 e. The van der Waals surface area contributed by atoms with Gasteiger partial charge in [-0.3, -0.25) is 4.90 Å². The van der Waals surface area contributed by atoms with Crippen LogP contribution in [0.25, 0.3) is 10.2 Å². The third-order valence-electron chi connectivity index (χ3n) is 4.93. The minimum absolute atomic E-state index is 0.282. The van der Waals surface area contributed by atoms with E-state index in [-0.39, 0.29) is 5.54 Å². The van der Waals surface area contributed by atoms with Gasteiger partial charge in [0.1, 0.15) is 5.01 Å².